The first kappa shape index (κ1) is 10.8. The van der Waals surface area contributed by atoms with Gasteiger partial charge in [0.05, 0.1) is 11.4 Å². The maximum absolute atomic E-state index is 10.8. The molecule has 1 aromatic heterocycles. The van der Waals surface area contributed by atoms with E-state index in [4.69, 9.17) is 10.3 Å². The number of rotatable bonds is 3. The van der Waals surface area contributed by atoms with Crippen LogP contribution in [-0.2, 0) is 16.8 Å². The molecule has 0 aliphatic rings. The Balaban J connectivity index is 2.43. The molecule has 3 N–H and O–H groups in total. The Morgan fingerprint density at radius 3 is 2.75 bits per heavy atom. The first-order valence-corrected chi connectivity index (χ1v) is 5.91. The van der Waals surface area contributed by atoms with Crippen LogP contribution in [0, 0.1) is 0 Å². The number of aromatic nitrogens is 2. The third kappa shape index (κ3) is 2.29. The minimum absolute atomic E-state index is 0.0793. The molecule has 1 unspecified atom stereocenters. The van der Waals surface area contributed by atoms with Gasteiger partial charge in [0, 0.05) is 12.3 Å². The standard InChI is InChI=1S/C10H11N3O2S/c11-10-5-6-13(12-10)9-4-2-1-3-8(9)7-16(14)15/h1-6H,7H2,(H2,11,12)(H,14,15). The zero-order chi connectivity index (χ0) is 11.5. The summed E-state index contributed by atoms with van der Waals surface area (Å²) in [6.45, 7) is 0. The van der Waals surface area contributed by atoms with E-state index >= 15 is 0 Å². The van der Waals surface area contributed by atoms with Gasteiger partial charge in [0.1, 0.15) is 5.82 Å². The minimum Gasteiger partial charge on any atom is -0.382 e. The average Bonchev–Trinajstić information content (AvgIpc) is 2.65. The fourth-order valence-corrected chi connectivity index (χ4v) is 1.97. The van der Waals surface area contributed by atoms with Crippen molar-refractivity contribution in [2.24, 2.45) is 0 Å². The van der Waals surface area contributed by atoms with E-state index in [-0.39, 0.29) is 5.75 Å². The molecule has 0 aliphatic carbocycles. The maximum atomic E-state index is 10.8. The highest BCUT2D eigenvalue weighted by molar-refractivity contribution is 7.78. The number of anilines is 1. The fourth-order valence-electron chi connectivity index (χ4n) is 1.46. The highest BCUT2D eigenvalue weighted by Crippen LogP contribution is 2.15. The van der Waals surface area contributed by atoms with E-state index in [0.29, 0.717) is 5.82 Å². The zero-order valence-corrected chi connectivity index (χ0v) is 9.22. The Morgan fingerprint density at radius 2 is 2.12 bits per heavy atom. The van der Waals surface area contributed by atoms with Crippen LogP contribution in [0.15, 0.2) is 36.5 Å². The molecule has 0 spiro atoms. The molecule has 0 saturated carbocycles. The van der Waals surface area contributed by atoms with Crippen LogP contribution in [-0.4, -0.2) is 18.5 Å². The van der Waals surface area contributed by atoms with Crippen LogP contribution >= 0.6 is 0 Å². The molecule has 1 heterocycles. The Labute approximate surface area is 95.2 Å². The minimum atomic E-state index is -1.87. The molecule has 0 aliphatic heterocycles. The molecule has 0 radical (unpaired) electrons. The quantitative estimate of drug-likeness (QED) is 0.785. The van der Waals surface area contributed by atoms with Gasteiger partial charge in [-0.1, -0.05) is 18.2 Å². The van der Waals surface area contributed by atoms with Gasteiger partial charge in [0.25, 0.3) is 0 Å². The molecule has 0 bridgehead atoms. The second-order valence-corrected chi connectivity index (χ2v) is 4.21. The van der Waals surface area contributed by atoms with Gasteiger partial charge < -0.3 is 10.3 Å². The van der Waals surface area contributed by atoms with Crippen molar-refractivity contribution in [3.05, 3.63) is 42.1 Å². The fraction of sp³-hybridized carbons (Fsp3) is 0.100. The van der Waals surface area contributed by atoms with Gasteiger partial charge in [-0.25, -0.2) is 8.89 Å². The smallest absolute Gasteiger partial charge is 0.157 e. The summed E-state index contributed by atoms with van der Waals surface area (Å²) in [5.41, 5.74) is 7.05. The molecule has 16 heavy (non-hydrogen) atoms. The SMILES string of the molecule is Nc1ccn(-c2ccccc2CS(=O)O)n1. The van der Waals surface area contributed by atoms with Crippen LogP contribution in [0.3, 0.4) is 0 Å². The van der Waals surface area contributed by atoms with Crippen LogP contribution in [0.4, 0.5) is 5.82 Å². The number of nitrogens with two attached hydrogens (primary N) is 1. The van der Waals surface area contributed by atoms with Crippen LogP contribution in [0.5, 0.6) is 0 Å². The topological polar surface area (TPSA) is 81.1 Å². The van der Waals surface area contributed by atoms with Gasteiger partial charge in [-0.05, 0) is 11.6 Å². The summed E-state index contributed by atoms with van der Waals surface area (Å²) in [5, 5.41) is 4.06. The third-order valence-electron chi connectivity index (χ3n) is 2.13. The van der Waals surface area contributed by atoms with E-state index in [9.17, 15) is 4.21 Å². The molecule has 1 atom stereocenters. The number of hydrogen-bond acceptors (Lipinski definition) is 3. The van der Waals surface area contributed by atoms with E-state index in [1.54, 1.807) is 23.0 Å². The highest BCUT2D eigenvalue weighted by Gasteiger charge is 2.07. The van der Waals surface area contributed by atoms with Crippen molar-refractivity contribution in [3.8, 4) is 5.69 Å². The summed E-state index contributed by atoms with van der Waals surface area (Å²) in [6, 6.07) is 8.96. The second-order valence-electron chi connectivity index (χ2n) is 3.28. The van der Waals surface area contributed by atoms with Gasteiger partial charge in [-0.15, -0.1) is 0 Å². The molecule has 6 heteroatoms. The van der Waals surface area contributed by atoms with Gasteiger partial charge in [0.15, 0.2) is 11.1 Å². The largest absolute Gasteiger partial charge is 0.382 e. The summed E-state index contributed by atoms with van der Waals surface area (Å²) in [6.07, 6.45) is 1.72. The maximum Gasteiger partial charge on any atom is 0.157 e. The molecule has 0 amide bonds. The van der Waals surface area contributed by atoms with Crippen molar-refractivity contribution < 1.29 is 8.76 Å². The average molecular weight is 237 g/mol. The van der Waals surface area contributed by atoms with Crippen LogP contribution < -0.4 is 5.73 Å². The zero-order valence-electron chi connectivity index (χ0n) is 8.41. The van der Waals surface area contributed by atoms with Crippen molar-refractivity contribution >= 4 is 16.9 Å². The molecule has 0 saturated heterocycles. The van der Waals surface area contributed by atoms with Crippen molar-refractivity contribution in [1.29, 1.82) is 0 Å². The molecule has 84 valence electrons. The number of nitrogen functional groups attached to an aromatic ring is 1. The molecule has 2 aromatic rings. The monoisotopic (exact) mass is 237 g/mol. The second kappa shape index (κ2) is 4.46. The lowest BCUT2D eigenvalue weighted by molar-refractivity contribution is 0.563. The summed E-state index contributed by atoms with van der Waals surface area (Å²) in [4.78, 5) is 0. The Morgan fingerprint density at radius 1 is 1.38 bits per heavy atom. The number of nitrogens with zero attached hydrogens (tertiary/aromatic N) is 2. The number of para-hydroxylation sites is 1. The molecule has 2 rings (SSSR count). The van der Waals surface area contributed by atoms with E-state index in [2.05, 4.69) is 5.10 Å². The Bertz CT molecular complexity index is 524. The van der Waals surface area contributed by atoms with E-state index in [1.165, 1.54) is 0 Å². The van der Waals surface area contributed by atoms with Crippen molar-refractivity contribution in [3.63, 3.8) is 0 Å². The Kier molecular flexibility index (Phi) is 3.02. The number of benzene rings is 1. The van der Waals surface area contributed by atoms with Crippen LogP contribution in [0.2, 0.25) is 0 Å². The molecular formula is C10H11N3O2S. The normalized spacial score (nSPS) is 12.6. The lowest BCUT2D eigenvalue weighted by atomic mass is 10.2. The summed E-state index contributed by atoms with van der Waals surface area (Å²) < 4.78 is 21.3. The molecular weight excluding hydrogens is 226 g/mol. The first-order valence-electron chi connectivity index (χ1n) is 4.63. The molecule has 0 fully saturated rings. The number of hydrogen-bond donors (Lipinski definition) is 2. The van der Waals surface area contributed by atoms with Crippen LogP contribution in [0.25, 0.3) is 5.69 Å². The lowest BCUT2D eigenvalue weighted by Crippen LogP contribution is -2.03. The van der Waals surface area contributed by atoms with E-state index < -0.39 is 11.1 Å². The van der Waals surface area contributed by atoms with Gasteiger partial charge in [-0.3, -0.25) is 0 Å². The Hall–Kier alpha value is -1.66. The van der Waals surface area contributed by atoms with E-state index in [1.807, 2.05) is 18.2 Å². The molecule has 1 aromatic carbocycles. The lowest BCUT2D eigenvalue weighted by Gasteiger charge is -2.07. The van der Waals surface area contributed by atoms with Crippen LogP contribution in [0.1, 0.15) is 5.56 Å². The van der Waals surface area contributed by atoms with Gasteiger partial charge in [0.2, 0.25) is 0 Å². The summed E-state index contributed by atoms with van der Waals surface area (Å²) >= 11 is -1.87. The van der Waals surface area contributed by atoms with Gasteiger partial charge in [-0.2, -0.15) is 5.10 Å². The predicted molar refractivity (Wildman–Crippen MR) is 62.5 cm³/mol. The van der Waals surface area contributed by atoms with Crippen molar-refractivity contribution in [2.75, 3.05) is 5.73 Å². The molecule has 5 nitrogen and oxygen atoms in total. The third-order valence-corrected chi connectivity index (χ3v) is 2.69. The predicted octanol–water partition coefficient (Wildman–Crippen LogP) is 1.18. The summed E-state index contributed by atoms with van der Waals surface area (Å²) in [5.74, 6) is 0.496. The first-order chi connectivity index (χ1) is 7.66. The highest BCUT2D eigenvalue weighted by atomic mass is 32.2. The van der Waals surface area contributed by atoms with Gasteiger partial charge >= 0.3 is 0 Å². The summed E-state index contributed by atoms with van der Waals surface area (Å²) in [7, 11) is 0. The van der Waals surface area contributed by atoms with Crippen molar-refractivity contribution in [1.82, 2.24) is 9.78 Å². The van der Waals surface area contributed by atoms with Crippen molar-refractivity contribution in [2.45, 2.75) is 5.75 Å². The van der Waals surface area contributed by atoms with E-state index in [0.717, 1.165) is 11.3 Å².